The first kappa shape index (κ1) is 12.2. The van der Waals surface area contributed by atoms with Gasteiger partial charge in [-0.3, -0.25) is 0 Å². The lowest BCUT2D eigenvalue weighted by Gasteiger charge is -2.51. The molecule has 1 fully saturated rings. The molecule has 3 heteroatoms. The van der Waals surface area contributed by atoms with Crippen LogP contribution in [0.15, 0.2) is 0 Å². The number of rotatable bonds is 1. The predicted octanol–water partition coefficient (Wildman–Crippen LogP) is 3.31. The van der Waals surface area contributed by atoms with Crippen LogP contribution in [0.25, 0.3) is 0 Å². The highest BCUT2D eigenvalue weighted by molar-refractivity contribution is 7.80. The highest BCUT2D eigenvalue weighted by atomic mass is 32.1. The van der Waals surface area contributed by atoms with E-state index >= 15 is 0 Å². The van der Waals surface area contributed by atoms with Gasteiger partial charge in [0.15, 0.2) is 0 Å². The van der Waals surface area contributed by atoms with Crippen LogP contribution in [-0.2, 0) is 0 Å². The van der Waals surface area contributed by atoms with Gasteiger partial charge in [-0.2, -0.15) is 0 Å². The number of likely N-dealkylation sites (tertiary alicyclic amines) is 1. The van der Waals surface area contributed by atoms with Crippen molar-refractivity contribution in [2.24, 2.45) is 5.41 Å². The third-order valence-corrected chi connectivity index (χ3v) is 6.37. The molecule has 1 aliphatic heterocycles. The molecule has 0 saturated carbocycles. The van der Waals surface area contributed by atoms with Crippen LogP contribution < -0.4 is 0 Å². The average molecular weight is 229 g/mol. The molecular formula is C11H23NSSi. The first-order valence-electron chi connectivity index (χ1n) is 5.45. The van der Waals surface area contributed by atoms with Crippen molar-refractivity contribution in [3.63, 3.8) is 0 Å². The molecule has 0 bridgehead atoms. The van der Waals surface area contributed by atoms with Crippen molar-refractivity contribution in [3.8, 4) is 0 Å². The van der Waals surface area contributed by atoms with E-state index in [9.17, 15) is 0 Å². The maximum absolute atomic E-state index is 5.56. The molecule has 0 aromatic carbocycles. The van der Waals surface area contributed by atoms with Crippen LogP contribution in [0.5, 0.6) is 0 Å². The number of thiocarbonyl (C=S) groups is 1. The first-order chi connectivity index (χ1) is 6.14. The van der Waals surface area contributed by atoms with Gasteiger partial charge in [-0.25, -0.2) is 0 Å². The molecule has 1 rings (SSSR count). The van der Waals surface area contributed by atoms with Gasteiger partial charge in [0.1, 0.15) is 0 Å². The minimum Gasteiger partial charge on any atom is -0.366 e. The highest BCUT2D eigenvalue weighted by Crippen LogP contribution is 2.32. The Morgan fingerprint density at radius 2 is 1.79 bits per heavy atom. The molecule has 0 unspecified atom stereocenters. The Morgan fingerprint density at radius 3 is 2.00 bits per heavy atom. The summed E-state index contributed by atoms with van der Waals surface area (Å²) >= 11 is 5.56. The molecule has 82 valence electrons. The summed E-state index contributed by atoms with van der Waals surface area (Å²) in [6.45, 7) is 15.2. The van der Waals surface area contributed by atoms with E-state index < -0.39 is 8.07 Å². The average Bonchev–Trinajstić information content (AvgIpc) is 1.77. The van der Waals surface area contributed by atoms with E-state index in [1.54, 1.807) is 0 Å². The number of hydrogen-bond donors (Lipinski definition) is 0. The summed E-state index contributed by atoms with van der Waals surface area (Å²) in [5, 5.41) is 0. The quantitative estimate of drug-likeness (QED) is 0.501. The van der Waals surface area contributed by atoms with Crippen LogP contribution in [0.1, 0.15) is 27.2 Å². The summed E-state index contributed by atoms with van der Waals surface area (Å²) in [6, 6.07) is 0. The lowest BCUT2D eigenvalue weighted by molar-refractivity contribution is 0.233. The fourth-order valence-corrected chi connectivity index (χ4v) is 4.46. The summed E-state index contributed by atoms with van der Waals surface area (Å²) in [5.74, 6) is 0. The minimum atomic E-state index is -1.04. The zero-order chi connectivity index (χ0) is 11.1. The van der Waals surface area contributed by atoms with Crippen molar-refractivity contribution in [2.75, 3.05) is 6.54 Å². The van der Waals surface area contributed by atoms with Gasteiger partial charge in [-0.15, -0.1) is 0 Å². The van der Waals surface area contributed by atoms with Gasteiger partial charge in [0, 0.05) is 17.6 Å². The van der Waals surface area contributed by atoms with Gasteiger partial charge in [-0.1, -0.05) is 52.6 Å². The molecule has 14 heavy (non-hydrogen) atoms. The number of nitrogens with zero attached hydrogens (tertiary/aromatic N) is 1. The van der Waals surface area contributed by atoms with Gasteiger partial charge in [0.2, 0.25) is 0 Å². The molecule has 0 N–H and O–H groups in total. The van der Waals surface area contributed by atoms with Crippen LogP contribution in [0.2, 0.25) is 19.6 Å². The topological polar surface area (TPSA) is 3.24 Å². The van der Waals surface area contributed by atoms with Gasteiger partial charge in [0.25, 0.3) is 0 Å². The van der Waals surface area contributed by atoms with Crippen molar-refractivity contribution < 1.29 is 0 Å². The van der Waals surface area contributed by atoms with E-state index in [0.717, 1.165) is 10.7 Å². The zero-order valence-corrected chi connectivity index (χ0v) is 12.2. The van der Waals surface area contributed by atoms with Gasteiger partial charge >= 0.3 is 0 Å². The molecule has 0 aliphatic carbocycles. The molecule has 0 radical (unpaired) electrons. The van der Waals surface area contributed by atoms with Gasteiger partial charge in [0.05, 0.1) is 13.1 Å². The Labute approximate surface area is 94.9 Å². The number of hydrogen-bond acceptors (Lipinski definition) is 1. The van der Waals surface area contributed by atoms with Crippen molar-refractivity contribution in [1.29, 1.82) is 0 Å². The fraction of sp³-hybridized carbons (Fsp3) is 0.909. The van der Waals surface area contributed by atoms with E-state index in [4.69, 9.17) is 12.2 Å². The molecule has 1 nitrogen and oxygen atoms in total. The van der Waals surface area contributed by atoms with Gasteiger partial charge in [-0.05, 0) is 6.42 Å². The molecule has 0 spiro atoms. The molecule has 0 aromatic heterocycles. The molecule has 0 aromatic rings. The third-order valence-electron chi connectivity index (χ3n) is 2.92. The van der Waals surface area contributed by atoms with E-state index in [1.807, 2.05) is 0 Å². The smallest absolute Gasteiger partial charge is 0.0833 e. The van der Waals surface area contributed by atoms with E-state index in [-0.39, 0.29) is 5.41 Å². The van der Waals surface area contributed by atoms with Crippen LogP contribution in [0.3, 0.4) is 0 Å². The van der Waals surface area contributed by atoms with Crippen LogP contribution in [-0.4, -0.2) is 30.2 Å². The molecule has 1 heterocycles. The largest absolute Gasteiger partial charge is 0.366 e. The Balaban J connectivity index is 2.69. The lowest BCUT2D eigenvalue weighted by atomic mass is 9.94. The van der Waals surface area contributed by atoms with Crippen molar-refractivity contribution in [2.45, 2.75) is 52.5 Å². The summed E-state index contributed by atoms with van der Waals surface area (Å²) in [7, 11) is -1.04. The van der Waals surface area contributed by atoms with E-state index in [2.05, 4.69) is 45.3 Å². The maximum Gasteiger partial charge on any atom is 0.0833 e. The van der Waals surface area contributed by atoms with Crippen LogP contribution in [0.4, 0.5) is 0 Å². The summed E-state index contributed by atoms with van der Waals surface area (Å²) < 4.78 is 0. The Morgan fingerprint density at radius 1 is 1.29 bits per heavy atom. The monoisotopic (exact) mass is 229 g/mol. The SMILES string of the molecule is CC(C)(C)C(=S)N1CC[C@H]1[Si](C)(C)C. The Kier molecular flexibility index (Phi) is 3.13. The van der Waals surface area contributed by atoms with Crippen molar-refractivity contribution in [1.82, 2.24) is 4.90 Å². The lowest BCUT2D eigenvalue weighted by Crippen LogP contribution is -2.63. The van der Waals surface area contributed by atoms with Crippen molar-refractivity contribution >= 4 is 25.3 Å². The third kappa shape index (κ3) is 2.37. The second kappa shape index (κ2) is 3.60. The van der Waals surface area contributed by atoms with Crippen molar-refractivity contribution in [3.05, 3.63) is 0 Å². The molecule has 0 amide bonds. The van der Waals surface area contributed by atoms with Crippen LogP contribution >= 0.6 is 12.2 Å². The van der Waals surface area contributed by atoms with Gasteiger partial charge < -0.3 is 4.90 Å². The predicted molar refractivity (Wildman–Crippen MR) is 70.5 cm³/mol. The van der Waals surface area contributed by atoms with Crippen LogP contribution in [0, 0.1) is 5.41 Å². The summed E-state index contributed by atoms with van der Waals surface area (Å²) in [6.07, 6.45) is 1.35. The van der Waals surface area contributed by atoms with E-state index in [1.165, 1.54) is 13.0 Å². The standard InChI is InChI=1S/C11H23NSSi/c1-11(2,3)10(13)12-8-7-9(12)14(4,5)6/h9H,7-8H2,1-6H3/t9-/m1/s1. The molecule has 1 aliphatic rings. The summed E-state index contributed by atoms with van der Waals surface area (Å²) in [4.78, 5) is 3.64. The normalized spacial score (nSPS) is 23.3. The van der Waals surface area contributed by atoms with E-state index in [0.29, 0.717) is 0 Å². The second-order valence-electron chi connectivity index (χ2n) is 6.42. The second-order valence-corrected chi connectivity index (χ2v) is 12.2. The highest BCUT2D eigenvalue weighted by Gasteiger charge is 2.41. The molecule has 1 atom stereocenters. The fourth-order valence-electron chi connectivity index (χ4n) is 1.96. The Hall–Kier alpha value is 0.107. The Bertz CT molecular complexity index is 237. The molecular weight excluding hydrogens is 206 g/mol. The molecule has 1 saturated heterocycles. The zero-order valence-electron chi connectivity index (χ0n) is 10.3. The minimum absolute atomic E-state index is 0.160. The first-order valence-corrected chi connectivity index (χ1v) is 9.43. The maximum atomic E-state index is 5.56. The summed E-state index contributed by atoms with van der Waals surface area (Å²) in [5.41, 5.74) is 0.947.